The van der Waals surface area contributed by atoms with Crippen LogP contribution in [0.15, 0.2) is 24.5 Å². The Balaban J connectivity index is 2.77. The number of aryl methyl sites for hydroxylation is 1. The van der Waals surface area contributed by atoms with Gasteiger partial charge in [0.2, 0.25) is 0 Å². The maximum atomic E-state index is 11.6. The lowest BCUT2D eigenvalue weighted by atomic mass is 10.1. The summed E-state index contributed by atoms with van der Waals surface area (Å²) >= 11 is 0. The number of hydrogen-bond acceptors (Lipinski definition) is 3. The quantitative estimate of drug-likeness (QED) is 0.756. The number of nitrogens with zero attached hydrogens (tertiary/aromatic N) is 2. The van der Waals surface area contributed by atoms with Crippen molar-refractivity contribution in [1.82, 2.24) is 15.3 Å². The maximum Gasteiger partial charge on any atom is 0.253 e. The fourth-order valence-corrected chi connectivity index (χ4v) is 1.54. The molecule has 0 saturated carbocycles. The zero-order valence-corrected chi connectivity index (χ0v) is 8.61. The van der Waals surface area contributed by atoms with Gasteiger partial charge in [-0.25, -0.2) is 9.97 Å². The lowest BCUT2D eigenvalue weighted by Gasteiger charge is -2.05. The molecule has 0 fully saturated rings. The first-order chi connectivity index (χ1) is 7.24. The zero-order valence-electron chi connectivity index (χ0n) is 8.61. The first-order valence-corrected chi connectivity index (χ1v) is 4.66. The molecule has 0 bridgehead atoms. The van der Waals surface area contributed by atoms with Crippen molar-refractivity contribution in [3.8, 4) is 0 Å². The van der Waals surface area contributed by atoms with Gasteiger partial charge in [0.1, 0.15) is 6.33 Å². The van der Waals surface area contributed by atoms with Crippen LogP contribution in [-0.2, 0) is 0 Å². The van der Waals surface area contributed by atoms with Gasteiger partial charge >= 0.3 is 0 Å². The van der Waals surface area contributed by atoms with Crippen LogP contribution in [0.25, 0.3) is 10.9 Å². The smallest absolute Gasteiger partial charge is 0.253 e. The number of carbonyl (C=O) groups is 1. The first kappa shape index (κ1) is 9.58. The first-order valence-electron chi connectivity index (χ1n) is 4.66. The third-order valence-corrected chi connectivity index (χ3v) is 2.34. The molecule has 0 aliphatic rings. The van der Waals surface area contributed by atoms with Gasteiger partial charge in [0.15, 0.2) is 0 Å². The van der Waals surface area contributed by atoms with Crippen LogP contribution < -0.4 is 5.32 Å². The number of nitrogens with one attached hydrogen (secondary N) is 1. The topological polar surface area (TPSA) is 54.9 Å². The molecule has 4 nitrogen and oxygen atoms in total. The van der Waals surface area contributed by atoms with Crippen molar-refractivity contribution in [1.29, 1.82) is 0 Å². The van der Waals surface area contributed by atoms with Crippen LogP contribution in [0, 0.1) is 6.92 Å². The van der Waals surface area contributed by atoms with E-state index >= 15 is 0 Å². The lowest BCUT2D eigenvalue weighted by molar-refractivity contribution is 0.0964. The summed E-state index contributed by atoms with van der Waals surface area (Å²) in [6.07, 6.45) is 1.48. The van der Waals surface area contributed by atoms with E-state index in [9.17, 15) is 4.79 Å². The van der Waals surface area contributed by atoms with Crippen molar-refractivity contribution < 1.29 is 4.79 Å². The largest absolute Gasteiger partial charge is 0.355 e. The predicted molar refractivity (Wildman–Crippen MR) is 57.7 cm³/mol. The van der Waals surface area contributed by atoms with Gasteiger partial charge < -0.3 is 5.32 Å². The number of fused-ring (bicyclic) bond motifs is 1. The number of carbonyl (C=O) groups excluding carboxylic acids is 1. The second kappa shape index (κ2) is 3.65. The number of para-hydroxylation sites is 1. The molecule has 0 aliphatic carbocycles. The minimum atomic E-state index is -0.126. The Hall–Kier alpha value is -1.97. The van der Waals surface area contributed by atoms with E-state index in [1.165, 1.54) is 6.33 Å². The molecule has 1 heterocycles. The standard InChI is InChI=1S/C11H11N3O/c1-7-8-4-3-5-9(11(15)12-2)10(8)14-6-13-7/h3-6H,1-2H3,(H,12,15). The normalized spacial score (nSPS) is 10.3. The molecule has 1 aromatic carbocycles. The molecule has 0 atom stereocenters. The van der Waals surface area contributed by atoms with Crippen molar-refractivity contribution in [2.24, 2.45) is 0 Å². The molecular weight excluding hydrogens is 190 g/mol. The Morgan fingerprint density at radius 3 is 2.87 bits per heavy atom. The summed E-state index contributed by atoms with van der Waals surface area (Å²) in [4.78, 5) is 19.8. The van der Waals surface area contributed by atoms with Crippen LogP contribution in [0.5, 0.6) is 0 Å². The fourth-order valence-electron chi connectivity index (χ4n) is 1.54. The SMILES string of the molecule is CNC(=O)c1cccc2c(C)ncnc12. The van der Waals surface area contributed by atoms with Gasteiger partial charge in [-0.15, -0.1) is 0 Å². The number of rotatable bonds is 1. The Kier molecular flexibility index (Phi) is 2.33. The van der Waals surface area contributed by atoms with Crippen molar-refractivity contribution in [2.75, 3.05) is 7.05 Å². The number of benzene rings is 1. The van der Waals surface area contributed by atoms with Crippen molar-refractivity contribution >= 4 is 16.8 Å². The third-order valence-electron chi connectivity index (χ3n) is 2.34. The summed E-state index contributed by atoms with van der Waals surface area (Å²) < 4.78 is 0. The van der Waals surface area contributed by atoms with E-state index < -0.39 is 0 Å². The molecule has 1 N–H and O–H groups in total. The number of hydrogen-bond donors (Lipinski definition) is 1. The molecule has 1 amide bonds. The van der Waals surface area contributed by atoms with Gasteiger partial charge in [0.25, 0.3) is 5.91 Å². The summed E-state index contributed by atoms with van der Waals surface area (Å²) in [7, 11) is 1.61. The number of amides is 1. The van der Waals surface area contributed by atoms with Crippen molar-refractivity contribution in [3.05, 3.63) is 35.8 Å². The van der Waals surface area contributed by atoms with E-state index in [1.807, 2.05) is 19.1 Å². The minimum Gasteiger partial charge on any atom is -0.355 e. The Morgan fingerprint density at radius 1 is 1.33 bits per heavy atom. The van der Waals surface area contributed by atoms with E-state index in [0.717, 1.165) is 11.1 Å². The van der Waals surface area contributed by atoms with Gasteiger partial charge in [-0.3, -0.25) is 4.79 Å². The molecule has 0 radical (unpaired) electrons. The summed E-state index contributed by atoms with van der Waals surface area (Å²) in [6, 6.07) is 5.51. The highest BCUT2D eigenvalue weighted by molar-refractivity contribution is 6.05. The van der Waals surface area contributed by atoms with Crippen LogP contribution in [0.1, 0.15) is 16.1 Å². The molecule has 0 saturated heterocycles. The molecule has 1 aromatic heterocycles. The second-order valence-corrected chi connectivity index (χ2v) is 3.24. The minimum absolute atomic E-state index is 0.126. The summed E-state index contributed by atoms with van der Waals surface area (Å²) in [5.74, 6) is -0.126. The molecule has 2 rings (SSSR count). The molecule has 2 aromatic rings. The van der Waals surface area contributed by atoms with Gasteiger partial charge in [0.05, 0.1) is 11.1 Å². The van der Waals surface area contributed by atoms with Gasteiger partial charge in [-0.05, 0) is 13.0 Å². The van der Waals surface area contributed by atoms with Crippen LogP contribution >= 0.6 is 0 Å². The summed E-state index contributed by atoms with van der Waals surface area (Å²) in [6.45, 7) is 1.90. The molecule has 0 spiro atoms. The van der Waals surface area contributed by atoms with Crippen molar-refractivity contribution in [2.45, 2.75) is 6.92 Å². The van der Waals surface area contributed by atoms with Gasteiger partial charge in [-0.2, -0.15) is 0 Å². The van der Waals surface area contributed by atoms with Crippen LogP contribution in [0.4, 0.5) is 0 Å². The molecule has 0 aliphatic heterocycles. The average molecular weight is 201 g/mol. The highest BCUT2D eigenvalue weighted by Crippen LogP contribution is 2.17. The van der Waals surface area contributed by atoms with E-state index in [0.29, 0.717) is 11.1 Å². The highest BCUT2D eigenvalue weighted by Gasteiger charge is 2.10. The third kappa shape index (κ3) is 1.54. The predicted octanol–water partition coefficient (Wildman–Crippen LogP) is 1.30. The molecule has 76 valence electrons. The monoisotopic (exact) mass is 201 g/mol. The molecule has 4 heteroatoms. The summed E-state index contributed by atoms with van der Waals surface area (Å²) in [5.41, 5.74) is 2.16. The lowest BCUT2D eigenvalue weighted by Crippen LogP contribution is -2.18. The van der Waals surface area contributed by atoms with E-state index in [2.05, 4.69) is 15.3 Å². The second-order valence-electron chi connectivity index (χ2n) is 3.24. The van der Waals surface area contributed by atoms with Crippen LogP contribution in [0.2, 0.25) is 0 Å². The van der Waals surface area contributed by atoms with E-state index in [4.69, 9.17) is 0 Å². The van der Waals surface area contributed by atoms with Crippen molar-refractivity contribution in [3.63, 3.8) is 0 Å². The summed E-state index contributed by atoms with van der Waals surface area (Å²) in [5, 5.41) is 3.51. The Bertz CT molecular complexity index is 522. The molecule has 0 unspecified atom stereocenters. The van der Waals surface area contributed by atoms with Crippen LogP contribution in [0.3, 0.4) is 0 Å². The Morgan fingerprint density at radius 2 is 2.13 bits per heavy atom. The fraction of sp³-hybridized carbons (Fsp3) is 0.182. The molecular formula is C11H11N3O. The zero-order chi connectivity index (χ0) is 10.8. The van der Waals surface area contributed by atoms with E-state index in [-0.39, 0.29) is 5.91 Å². The highest BCUT2D eigenvalue weighted by atomic mass is 16.1. The Labute approximate surface area is 87.4 Å². The average Bonchev–Trinajstić information content (AvgIpc) is 2.28. The van der Waals surface area contributed by atoms with Crippen LogP contribution in [-0.4, -0.2) is 22.9 Å². The number of aromatic nitrogens is 2. The van der Waals surface area contributed by atoms with E-state index in [1.54, 1.807) is 13.1 Å². The molecule has 15 heavy (non-hydrogen) atoms. The van der Waals surface area contributed by atoms with Gasteiger partial charge in [0, 0.05) is 18.1 Å². The van der Waals surface area contributed by atoms with Gasteiger partial charge in [-0.1, -0.05) is 12.1 Å². The maximum absolute atomic E-state index is 11.6.